The molecule has 5 heteroatoms. The lowest BCUT2D eigenvalue weighted by Gasteiger charge is -2.27. The molecular formula is C18H22N4O. The maximum atomic E-state index is 9.78. The molecule has 5 nitrogen and oxygen atoms in total. The second-order valence-electron chi connectivity index (χ2n) is 6.72. The Hall–Kier alpha value is -2.27. The molecule has 0 aliphatic heterocycles. The van der Waals surface area contributed by atoms with Gasteiger partial charge in [-0.3, -0.25) is 4.68 Å². The van der Waals surface area contributed by atoms with E-state index in [1.807, 2.05) is 30.1 Å². The van der Waals surface area contributed by atoms with Gasteiger partial charge in [0.15, 0.2) is 0 Å². The van der Waals surface area contributed by atoms with Crippen LogP contribution in [0.15, 0.2) is 30.6 Å². The molecule has 1 aromatic carbocycles. The number of aryl methyl sites for hydroxylation is 2. The van der Waals surface area contributed by atoms with Gasteiger partial charge in [0.25, 0.3) is 0 Å². The molecule has 2 unspecified atom stereocenters. The quantitative estimate of drug-likeness (QED) is 0.696. The SMILES string of the molecule is Cn1cc(CCC2Cc3c([nH]c4ccc(O)cc34)C(N)C2)cn1. The summed E-state index contributed by atoms with van der Waals surface area (Å²) in [5.41, 5.74) is 11.2. The fraction of sp³-hybridized carbons (Fsp3) is 0.389. The first-order chi connectivity index (χ1) is 11.1. The maximum absolute atomic E-state index is 9.78. The van der Waals surface area contributed by atoms with E-state index < -0.39 is 0 Å². The van der Waals surface area contributed by atoms with Gasteiger partial charge >= 0.3 is 0 Å². The molecule has 2 heterocycles. The Labute approximate surface area is 135 Å². The van der Waals surface area contributed by atoms with E-state index in [4.69, 9.17) is 5.73 Å². The number of hydrogen-bond acceptors (Lipinski definition) is 3. The number of benzene rings is 1. The number of aromatic nitrogens is 3. The summed E-state index contributed by atoms with van der Waals surface area (Å²) in [6.45, 7) is 0. The smallest absolute Gasteiger partial charge is 0.116 e. The van der Waals surface area contributed by atoms with Gasteiger partial charge in [0.05, 0.1) is 6.20 Å². The topological polar surface area (TPSA) is 79.9 Å². The molecule has 4 rings (SSSR count). The lowest BCUT2D eigenvalue weighted by Crippen LogP contribution is -2.24. The molecule has 120 valence electrons. The molecular weight excluding hydrogens is 288 g/mol. The molecule has 0 spiro atoms. The standard InChI is InChI=1S/C18H22N4O/c1-22-10-12(9-20-22)3-2-11-6-15-14-8-13(23)4-5-17(14)21-18(15)16(19)7-11/h4-5,8-11,16,21,23H,2-3,6-7,19H2,1H3. The number of fused-ring (bicyclic) bond motifs is 3. The molecule has 0 radical (unpaired) electrons. The highest BCUT2D eigenvalue weighted by Gasteiger charge is 2.27. The zero-order valence-electron chi connectivity index (χ0n) is 13.3. The zero-order valence-corrected chi connectivity index (χ0v) is 13.3. The Morgan fingerprint density at radius 2 is 2.30 bits per heavy atom. The minimum Gasteiger partial charge on any atom is -0.508 e. The van der Waals surface area contributed by atoms with Gasteiger partial charge in [0.2, 0.25) is 0 Å². The van der Waals surface area contributed by atoms with Gasteiger partial charge in [-0.2, -0.15) is 5.10 Å². The van der Waals surface area contributed by atoms with E-state index in [1.54, 1.807) is 6.07 Å². The summed E-state index contributed by atoms with van der Waals surface area (Å²) >= 11 is 0. The van der Waals surface area contributed by atoms with Crippen molar-refractivity contribution in [3.05, 3.63) is 47.4 Å². The van der Waals surface area contributed by atoms with Crippen molar-refractivity contribution < 1.29 is 5.11 Å². The fourth-order valence-corrected chi connectivity index (χ4v) is 3.83. The summed E-state index contributed by atoms with van der Waals surface area (Å²) in [6, 6.07) is 5.55. The summed E-state index contributed by atoms with van der Waals surface area (Å²) in [5.74, 6) is 0.879. The first-order valence-electron chi connectivity index (χ1n) is 8.16. The average molecular weight is 310 g/mol. The Morgan fingerprint density at radius 1 is 1.43 bits per heavy atom. The van der Waals surface area contributed by atoms with E-state index in [-0.39, 0.29) is 6.04 Å². The molecule has 3 aromatic rings. The van der Waals surface area contributed by atoms with Crippen molar-refractivity contribution in [3.8, 4) is 5.75 Å². The van der Waals surface area contributed by atoms with E-state index in [9.17, 15) is 5.11 Å². The van der Waals surface area contributed by atoms with Crippen LogP contribution in [-0.2, 0) is 19.9 Å². The van der Waals surface area contributed by atoms with E-state index in [0.717, 1.165) is 42.3 Å². The number of nitrogens with one attached hydrogen (secondary N) is 1. The van der Waals surface area contributed by atoms with Crippen molar-refractivity contribution in [2.75, 3.05) is 0 Å². The lowest BCUT2D eigenvalue weighted by molar-refractivity contribution is 0.382. The van der Waals surface area contributed by atoms with Crippen molar-refractivity contribution in [1.82, 2.24) is 14.8 Å². The predicted molar refractivity (Wildman–Crippen MR) is 90.2 cm³/mol. The van der Waals surface area contributed by atoms with Crippen LogP contribution < -0.4 is 5.73 Å². The summed E-state index contributed by atoms with van der Waals surface area (Å²) in [4.78, 5) is 3.44. The monoisotopic (exact) mass is 310 g/mol. The normalized spacial score (nSPS) is 20.8. The van der Waals surface area contributed by atoms with Crippen LogP contribution >= 0.6 is 0 Å². The highest BCUT2D eigenvalue weighted by atomic mass is 16.3. The van der Waals surface area contributed by atoms with Crippen LogP contribution in [0, 0.1) is 5.92 Å². The highest BCUT2D eigenvalue weighted by molar-refractivity contribution is 5.86. The van der Waals surface area contributed by atoms with Crippen LogP contribution in [0.4, 0.5) is 0 Å². The molecule has 0 saturated heterocycles. The molecule has 2 aromatic heterocycles. The van der Waals surface area contributed by atoms with E-state index in [0.29, 0.717) is 11.7 Å². The molecule has 23 heavy (non-hydrogen) atoms. The number of nitrogens with zero attached hydrogens (tertiary/aromatic N) is 2. The molecule has 0 bridgehead atoms. The second-order valence-corrected chi connectivity index (χ2v) is 6.72. The number of phenolic OH excluding ortho intramolecular Hbond substituents is 1. The summed E-state index contributed by atoms with van der Waals surface area (Å²) in [6.07, 6.45) is 8.20. The summed E-state index contributed by atoms with van der Waals surface area (Å²) < 4.78 is 1.85. The third-order valence-corrected chi connectivity index (χ3v) is 4.97. The summed E-state index contributed by atoms with van der Waals surface area (Å²) in [7, 11) is 1.95. The number of phenols is 1. The third kappa shape index (κ3) is 2.61. The number of aromatic amines is 1. The Balaban J connectivity index is 1.58. The third-order valence-electron chi connectivity index (χ3n) is 4.97. The van der Waals surface area contributed by atoms with Crippen molar-refractivity contribution in [2.24, 2.45) is 18.7 Å². The minimum atomic E-state index is 0.0483. The fourth-order valence-electron chi connectivity index (χ4n) is 3.83. The number of H-pyrrole nitrogens is 1. The summed E-state index contributed by atoms with van der Waals surface area (Å²) in [5, 5.41) is 15.1. The lowest BCUT2D eigenvalue weighted by atomic mass is 9.81. The van der Waals surface area contributed by atoms with Crippen LogP contribution in [0.5, 0.6) is 5.75 Å². The average Bonchev–Trinajstić information content (AvgIpc) is 3.09. The van der Waals surface area contributed by atoms with E-state index in [2.05, 4.69) is 16.3 Å². The van der Waals surface area contributed by atoms with Crippen molar-refractivity contribution in [3.63, 3.8) is 0 Å². The number of aromatic hydroxyl groups is 1. The number of hydrogen-bond donors (Lipinski definition) is 3. The molecule has 4 N–H and O–H groups in total. The molecule has 1 aliphatic rings. The Bertz CT molecular complexity index is 848. The van der Waals surface area contributed by atoms with Crippen LogP contribution in [0.25, 0.3) is 10.9 Å². The van der Waals surface area contributed by atoms with Gasteiger partial charge in [-0.25, -0.2) is 0 Å². The van der Waals surface area contributed by atoms with Crippen LogP contribution in [0.3, 0.4) is 0 Å². The van der Waals surface area contributed by atoms with Gasteiger partial charge in [-0.15, -0.1) is 0 Å². The number of rotatable bonds is 3. The Morgan fingerprint density at radius 3 is 3.09 bits per heavy atom. The first kappa shape index (κ1) is 14.3. The van der Waals surface area contributed by atoms with Crippen molar-refractivity contribution >= 4 is 10.9 Å². The van der Waals surface area contributed by atoms with Crippen molar-refractivity contribution in [1.29, 1.82) is 0 Å². The van der Waals surface area contributed by atoms with Crippen molar-refractivity contribution in [2.45, 2.75) is 31.7 Å². The molecule has 0 fully saturated rings. The maximum Gasteiger partial charge on any atom is 0.116 e. The largest absolute Gasteiger partial charge is 0.508 e. The number of nitrogens with two attached hydrogens (primary N) is 1. The van der Waals surface area contributed by atoms with Gasteiger partial charge in [0.1, 0.15) is 5.75 Å². The van der Waals surface area contributed by atoms with Crippen LogP contribution in [0.1, 0.15) is 35.7 Å². The van der Waals surface area contributed by atoms with Gasteiger partial charge in [-0.05, 0) is 60.9 Å². The second kappa shape index (κ2) is 5.42. The molecule has 2 atom stereocenters. The van der Waals surface area contributed by atoms with Gasteiger partial charge < -0.3 is 15.8 Å². The van der Waals surface area contributed by atoms with E-state index in [1.165, 1.54) is 11.1 Å². The Kier molecular flexibility index (Phi) is 3.38. The minimum absolute atomic E-state index is 0.0483. The predicted octanol–water partition coefficient (Wildman–Crippen LogP) is 2.80. The van der Waals surface area contributed by atoms with E-state index >= 15 is 0 Å². The molecule has 0 amide bonds. The molecule has 0 saturated carbocycles. The zero-order chi connectivity index (χ0) is 16.0. The van der Waals surface area contributed by atoms with Crippen LogP contribution in [-0.4, -0.2) is 19.9 Å². The first-order valence-corrected chi connectivity index (χ1v) is 8.16. The van der Waals surface area contributed by atoms with Crippen LogP contribution in [0.2, 0.25) is 0 Å². The van der Waals surface area contributed by atoms with Gasteiger partial charge in [0, 0.05) is 35.9 Å². The van der Waals surface area contributed by atoms with Gasteiger partial charge in [-0.1, -0.05) is 0 Å². The molecule has 1 aliphatic carbocycles. The highest BCUT2D eigenvalue weighted by Crippen LogP contribution is 2.38.